The molecule has 0 aliphatic heterocycles. The summed E-state index contributed by atoms with van der Waals surface area (Å²) in [6.45, 7) is 4.05. The molecule has 1 heterocycles. The number of hydrogen-bond acceptors (Lipinski definition) is 4. The lowest BCUT2D eigenvalue weighted by Gasteiger charge is -2.29. The Morgan fingerprint density at radius 3 is 2.81 bits per heavy atom. The molecule has 0 spiro atoms. The van der Waals surface area contributed by atoms with Crippen LogP contribution in [0.15, 0.2) is 42.7 Å². The Morgan fingerprint density at radius 2 is 2.10 bits per heavy atom. The minimum absolute atomic E-state index is 0.0472. The van der Waals surface area contributed by atoms with Gasteiger partial charge in [0.1, 0.15) is 5.75 Å². The molecule has 2 unspecified atom stereocenters. The molecule has 2 aromatic rings. The van der Waals surface area contributed by atoms with Crippen LogP contribution in [0.3, 0.4) is 0 Å². The zero-order chi connectivity index (χ0) is 22.2. The summed E-state index contributed by atoms with van der Waals surface area (Å²) in [6.07, 6.45) is 6.31. The third-order valence-electron chi connectivity index (χ3n) is 5.12. The van der Waals surface area contributed by atoms with Crippen LogP contribution in [0.2, 0.25) is 0 Å². The highest BCUT2D eigenvalue weighted by atomic mass is 19.1. The summed E-state index contributed by atoms with van der Waals surface area (Å²) in [5, 5.41) is 8.62. The Morgan fingerprint density at radius 1 is 1.26 bits per heavy atom. The largest absolute Gasteiger partial charge is 0.453 e. The summed E-state index contributed by atoms with van der Waals surface area (Å²) in [6, 6.07) is 7.67. The van der Waals surface area contributed by atoms with Crippen molar-refractivity contribution in [2.75, 3.05) is 0 Å². The van der Waals surface area contributed by atoms with E-state index >= 15 is 0 Å². The van der Waals surface area contributed by atoms with Crippen LogP contribution < -0.4 is 20.7 Å². The SMILES string of the molecule is CC(C)NC(=O)C1CCCC(NC(=O)NCc2ccc(Oc3cccnc3)c(F)c2)C1. The number of amides is 3. The van der Waals surface area contributed by atoms with Crippen molar-refractivity contribution in [2.24, 2.45) is 5.92 Å². The molecule has 3 amide bonds. The van der Waals surface area contributed by atoms with E-state index in [4.69, 9.17) is 4.74 Å². The first-order valence-corrected chi connectivity index (χ1v) is 10.6. The van der Waals surface area contributed by atoms with Gasteiger partial charge in [-0.1, -0.05) is 12.5 Å². The van der Waals surface area contributed by atoms with Gasteiger partial charge in [-0.25, -0.2) is 9.18 Å². The Balaban J connectivity index is 1.47. The number of carbonyl (C=O) groups excluding carboxylic acids is 2. The highest BCUT2D eigenvalue weighted by Gasteiger charge is 2.28. The molecule has 1 aliphatic carbocycles. The number of urea groups is 1. The topological polar surface area (TPSA) is 92.4 Å². The number of pyridine rings is 1. The molecule has 31 heavy (non-hydrogen) atoms. The number of hydrogen-bond donors (Lipinski definition) is 3. The van der Waals surface area contributed by atoms with Crippen LogP contribution in [0.4, 0.5) is 9.18 Å². The molecular formula is C23H29FN4O3. The first-order valence-electron chi connectivity index (χ1n) is 10.6. The van der Waals surface area contributed by atoms with Crippen molar-refractivity contribution in [3.05, 3.63) is 54.1 Å². The molecule has 0 radical (unpaired) electrons. The zero-order valence-electron chi connectivity index (χ0n) is 17.9. The highest BCUT2D eigenvalue weighted by Crippen LogP contribution is 2.25. The molecule has 1 aromatic carbocycles. The van der Waals surface area contributed by atoms with Crippen molar-refractivity contribution >= 4 is 11.9 Å². The summed E-state index contributed by atoms with van der Waals surface area (Å²) in [4.78, 5) is 28.4. The predicted octanol–water partition coefficient (Wildman–Crippen LogP) is 3.90. The van der Waals surface area contributed by atoms with E-state index < -0.39 is 5.82 Å². The lowest BCUT2D eigenvalue weighted by molar-refractivity contribution is -0.126. The monoisotopic (exact) mass is 428 g/mol. The second kappa shape index (κ2) is 10.7. The predicted molar refractivity (Wildman–Crippen MR) is 115 cm³/mol. The maximum absolute atomic E-state index is 14.3. The van der Waals surface area contributed by atoms with Crippen molar-refractivity contribution in [2.45, 2.75) is 58.2 Å². The van der Waals surface area contributed by atoms with Gasteiger partial charge in [-0.05, 0) is 62.9 Å². The molecule has 0 bridgehead atoms. The van der Waals surface area contributed by atoms with Gasteiger partial charge < -0.3 is 20.7 Å². The fourth-order valence-corrected chi connectivity index (χ4v) is 3.65. The first kappa shape index (κ1) is 22.5. The average molecular weight is 429 g/mol. The average Bonchev–Trinajstić information content (AvgIpc) is 2.74. The zero-order valence-corrected chi connectivity index (χ0v) is 17.9. The van der Waals surface area contributed by atoms with Gasteiger partial charge in [0.05, 0.1) is 6.20 Å². The standard InChI is InChI=1S/C23H29FN4O3/c1-15(2)27-22(29)17-5-3-6-18(12-17)28-23(30)26-13-16-8-9-21(20(24)11-16)31-19-7-4-10-25-14-19/h4,7-11,14-15,17-18H,3,5-6,12-13H2,1-2H3,(H,27,29)(H2,26,28,30). The molecule has 0 saturated heterocycles. The van der Waals surface area contributed by atoms with Crippen molar-refractivity contribution in [1.29, 1.82) is 0 Å². The normalized spacial score (nSPS) is 18.3. The summed E-state index contributed by atoms with van der Waals surface area (Å²) < 4.78 is 19.8. The number of carbonyl (C=O) groups is 2. The minimum atomic E-state index is -0.519. The number of nitrogens with one attached hydrogen (secondary N) is 3. The fourth-order valence-electron chi connectivity index (χ4n) is 3.65. The van der Waals surface area contributed by atoms with E-state index in [2.05, 4.69) is 20.9 Å². The summed E-state index contributed by atoms with van der Waals surface area (Å²) >= 11 is 0. The Bertz CT molecular complexity index is 892. The molecule has 1 aromatic heterocycles. The first-order chi connectivity index (χ1) is 14.9. The number of nitrogens with zero attached hydrogens (tertiary/aromatic N) is 1. The van der Waals surface area contributed by atoms with Gasteiger partial charge in [-0.2, -0.15) is 0 Å². The maximum Gasteiger partial charge on any atom is 0.315 e. The van der Waals surface area contributed by atoms with E-state index in [0.717, 1.165) is 19.3 Å². The van der Waals surface area contributed by atoms with Crippen LogP contribution in [-0.4, -0.2) is 29.0 Å². The Labute approximate surface area is 181 Å². The van der Waals surface area contributed by atoms with Crippen LogP contribution in [-0.2, 0) is 11.3 Å². The lowest BCUT2D eigenvalue weighted by atomic mass is 9.85. The van der Waals surface area contributed by atoms with Crippen LogP contribution in [0.1, 0.15) is 45.1 Å². The van der Waals surface area contributed by atoms with E-state index in [9.17, 15) is 14.0 Å². The number of benzene rings is 1. The van der Waals surface area contributed by atoms with Gasteiger partial charge in [0.15, 0.2) is 11.6 Å². The Kier molecular flexibility index (Phi) is 7.81. The third kappa shape index (κ3) is 6.94. The molecule has 8 heteroatoms. The molecule has 1 aliphatic rings. The van der Waals surface area contributed by atoms with E-state index in [0.29, 0.717) is 17.7 Å². The molecular weight excluding hydrogens is 399 g/mol. The van der Waals surface area contributed by atoms with E-state index in [1.807, 2.05) is 13.8 Å². The van der Waals surface area contributed by atoms with Crippen LogP contribution >= 0.6 is 0 Å². The number of ether oxygens (including phenoxy) is 1. The van der Waals surface area contributed by atoms with Crippen LogP contribution in [0.25, 0.3) is 0 Å². The summed E-state index contributed by atoms with van der Waals surface area (Å²) in [5.41, 5.74) is 0.615. The van der Waals surface area contributed by atoms with Crippen LogP contribution in [0.5, 0.6) is 11.5 Å². The van der Waals surface area contributed by atoms with E-state index in [1.54, 1.807) is 24.4 Å². The van der Waals surface area contributed by atoms with Gasteiger partial charge in [-0.3, -0.25) is 9.78 Å². The van der Waals surface area contributed by atoms with Gasteiger partial charge in [0.25, 0.3) is 0 Å². The molecule has 3 N–H and O–H groups in total. The van der Waals surface area contributed by atoms with Crippen LogP contribution in [0, 0.1) is 11.7 Å². The van der Waals surface area contributed by atoms with Crippen molar-refractivity contribution in [1.82, 2.24) is 20.9 Å². The number of halogens is 1. The quantitative estimate of drug-likeness (QED) is 0.624. The third-order valence-corrected chi connectivity index (χ3v) is 5.12. The summed E-state index contributed by atoms with van der Waals surface area (Å²) in [5.74, 6) is -0.0163. The number of aromatic nitrogens is 1. The minimum Gasteiger partial charge on any atom is -0.453 e. The van der Waals surface area contributed by atoms with E-state index in [-0.39, 0.29) is 42.2 Å². The van der Waals surface area contributed by atoms with Gasteiger partial charge in [-0.15, -0.1) is 0 Å². The maximum atomic E-state index is 14.3. The van der Waals surface area contributed by atoms with Crippen molar-refractivity contribution in [3.63, 3.8) is 0 Å². The number of rotatable bonds is 7. The molecule has 3 rings (SSSR count). The summed E-state index contributed by atoms with van der Waals surface area (Å²) in [7, 11) is 0. The fraction of sp³-hybridized carbons (Fsp3) is 0.435. The van der Waals surface area contributed by atoms with E-state index in [1.165, 1.54) is 18.3 Å². The molecule has 2 atom stereocenters. The van der Waals surface area contributed by atoms with Gasteiger partial charge in [0.2, 0.25) is 5.91 Å². The highest BCUT2D eigenvalue weighted by molar-refractivity contribution is 5.79. The molecule has 7 nitrogen and oxygen atoms in total. The molecule has 1 saturated carbocycles. The second-order valence-corrected chi connectivity index (χ2v) is 8.11. The van der Waals surface area contributed by atoms with Crippen molar-refractivity contribution < 1.29 is 18.7 Å². The smallest absolute Gasteiger partial charge is 0.315 e. The van der Waals surface area contributed by atoms with Crippen molar-refractivity contribution in [3.8, 4) is 11.5 Å². The lowest BCUT2D eigenvalue weighted by Crippen LogP contribution is -2.46. The second-order valence-electron chi connectivity index (χ2n) is 8.11. The molecule has 1 fully saturated rings. The Hall–Kier alpha value is -3.16. The van der Waals surface area contributed by atoms with Gasteiger partial charge in [0, 0.05) is 30.7 Å². The van der Waals surface area contributed by atoms with Gasteiger partial charge >= 0.3 is 6.03 Å². The molecule has 166 valence electrons.